The van der Waals surface area contributed by atoms with Gasteiger partial charge in [0.15, 0.2) is 0 Å². The van der Waals surface area contributed by atoms with Crippen LogP contribution in [0.5, 0.6) is 0 Å². The largest absolute Gasteiger partial charge is 0.392 e. The molecule has 0 saturated heterocycles. The summed E-state index contributed by atoms with van der Waals surface area (Å²) in [6, 6.07) is 4.59. The Labute approximate surface area is 116 Å². The monoisotopic (exact) mass is 279 g/mol. The average molecular weight is 279 g/mol. The Bertz CT molecular complexity index is 536. The highest BCUT2D eigenvalue weighted by atomic mass is 16.7. The highest BCUT2D eigenvalue weighted by molar-refractivity contribution is 6.45. The third-order valence-corrected chi connectivity index (χ3v) is 2.69. The van der Waals surface area contributed by atoms with E-state index >= 15 is 0 Å². The van der Waals surface area contributed by atoms with Gasteiger partial charge in [-0.15, -0.1) is 0 Å². The molecule has 20 heavy (non-hydrogen) atoms. The van der Waals surface area contributed by atoms with Crippen molar-refractivity contribution in [3.63, 3.8) is 0 Å². The molecule has 0 aliphatic rings. The first-order valence-corrected chi connectivity index (χ1v) is 6.16. The lowest BCUT2D eigenvalue weighted by Gasteiger charge is -2.08. The van der Waals surface area contributed by atoms with Gasteiger partial charge in [0.05, 0.1) is 13.2 Å². The van der Waals surface area contributed by atoms with Crippen LogP contribution in [0.4, 0.5) is 0 Å². The Morgan fingerprint density at radius 3 is 2.35 bits per heavy atom. The van der Waals surface area contributed by atoms with E-state index in [1.54, 1.807) is 13.0 Å². The van der Waals surface area contributed by atoms with Crippen molar-refractivity contribution in [1.82, 2.24) is 0 Å². The van der Waals surface area contributed by atoms with Crippen LogP contribution in [0.3, 0.4) is 0 Å². The summed E-state index contributed by atoms with van der Waals surface area (Å²) in [5.74, 6) is -0.983. The molecule has 2 N–H and O–H groups in total. The topological polar surface area (TPSA) is 96.2 Å². The number of nitrogens with zero attached hydrogens (tertiary/aromatic N) is 1. The minimum Gasteiger partial charge on any atom is -0.392 e. The first kappa shape index (κ1) is 16.0. The summed E-state index contributed by atoms with van der Waals surface area (Å²) in [5.41, 5.74) is 1.46. The number of hydrogen-bond donors (Lipinski definition) is 2. The van der Waals surface area contributed by atoms with Crippen LogP contribution in [0, 0.1) is 0 Å². The summed E-state index contributed by atoms with van der Waals surface area (Å²) in [6.45, 7) is 2.42. The van der Waals surface area contributed by atoms with E-state index in [2.05, 4.69) is 9.99 Å². The predicted molar refractivity (Wildman–Crippen MR) is 72.1 cm³/mol. The summed E-state index contributed by atoms with van der Waals surface area (Å²) in [7, 11) is 0. The number of carbonyl (C=O) groups excluding carboxylic acids is 2. The normalized spacial score (nSPS) is 11.3. The van der Waals surface area contributed by atoms with Gasteiger partial charge in [-0.05, 0) is 23.6 Å². The number of aliphatic hydroxyl groups excluding tert-OH is 2. The molecule has 0 fully saturated rings. The Balaban J connectivity index is 3.06. The summed E-state index contributed by atoms with van der Waals surface area (Å²) < 4.78 is 0. The zero-order valence-corrected chi connectivity index (χ0v) is 11.4. The van der Waals surface area contributed by atoms with Gasteiger partial charge >= 0.3 is 5.97 Å². The van der Waals surface area contributed by atoms with Crippen LogP contribution in [0.15, 0.2) is 23.4 Å². The molecule has 1 rings (SSSR count). The molecular weight excluding hydrogens is 262 g/mol. The lowest BCUT2D eigenvalue weighted by atomic mass is 9.99. The van der Waals surface area contributed by atoms with E-state index in [9.17, 15) is 14.7 Å². The maximum atomic E-state index is 12.2. The minimum atomic E-state index is -0.601. The summed E-state index contributed by atoms with van der Waals surface area (Å²) in [4.78, 5) is 27.4. The molecule has 0 heterocycles. The second kappa shape index (κ2) is 7.52. The first-order valence-electron chi connectivity index (χ1n) is 6.16. The molecule has 0 aliphatic carbocycles. The lowest BCUT2D eigenvalue weighted by Crippen LogP contribution is -2.15. The Hall–Kier alpha value is -2.05. The van der Waals surface area contributed by atoms with Gasteiger partial charge in [-0.1, -0.05) is 24.2 Å². The third-order valence-electron chi connectivity index (χ3n) is 2.69. The second-order valence-electron chi connectivity index (χ2n) is 4.10. The highest BCUT2D eigenvalue weighted by Gasteiger charge is 2.15. The molecule has 0 atom stereocenters. The summed E-state index contributed by atoms with van der Waals surface area (Å²) in [5, 5.41) is 21.8. The zero-order chi connectivity index (χ0) is 15.1. The van der Waals surface area contributed by atoms with Crippen molar-refractivity contribution in [2.24, 2.45) is 5.16 Å². The van der Waals surface area contributed by atoms with Crippen molar-refractivity contribution in [3.05, 3.63) is 34.9 Å². The zero-order valence-electron chi connectivity index (χ0n) is 11.4. The van der Waals surface area contributed by atoms with Gasteiger partial charge in [0.25, 0.3) is 0 Å². The number of hydrogen-bond acceptors (Lipinski definition) is 6. The highest BCUT2D eigenvalue weighted by Crippen LogP contribution is 2.14. The maximum absolute atomic E-state index is 12.2. The van der Waals surface area contributed by atoms with E-state index in [0.29, 0.717) is 23.1 Å². The van der Waals surface area contributed by atoms with E-state index in [1.165, 1.54) is 19.1 Å². The van der Waals surface area contributed by atoms with Gasteiger partial charge in [-0.25, -0.2) is 4.79 Å². The van der Waals surface area contributed by atoms with E-state index in [0.717, 1.165) is 0 Å². The number of carbonyl (C=O) groups is 2. The SMILES string of the molecule is CC/C(=N\OC(C)=O)C(=O)c1ccc(CO)c(CO)c1. The second-order valence-corrected chi connectivity index (χ2v) is 4.10. The third kappa shape index (κ3) is 3.97. The Morgan fingerprint density at radius 2 is 1.85 bits per heavy atom. The van der Waals surface area contributed by atoms with Crippen molar-refractivity contribution in [2.75, 3.05) is 0 Å². The molecule has 0 amide bonds. The number of aliphatic hydroxyl groups is 2. The number of ketones is 1. The van der Waals surface area contributed by atoms with Crippen LogP contribution in [-0.2, 0) is 22.8 Å². The molecule has 0 aromatic heterocycles. The molecule has 108 valence electrons. The van der Waals surface area contributed by atoms with Crippen molar-refractivity contribution in [1.29, 1.82) is 0 Å². The molecule has 0 aliphatic heterocycles. The number of oxime groups is 1. The Kier molecular flexibility index (Phi) is 6.02. The van der Waals surface area contributed by atoms with Crippen molar-refractivity contribution in [2.45, 2.75) is 33.5 Å². The molecule has 6 heteroatoms. The Morgan fingerprint density at radius 1 is 1.20 bits per heavy atom. The van der Waals surface area contributed by atoms with Gasteiger partial charge in [-0.2, -0.15) is 0 Å². The van der Waals surface area contributed by atoms with E-state index in [4.69, 9.17) is 5.11 Å². The van der Waals surface area contributed by atoms with Crippen LogP contribution in [0.25, 0.3) is 0 Å². The molecule has 1 aromatic carbocycles. The van der Waals surface area contributed by atoms with Crippen LogP contribution in [0.2, 0.25) is 0 Å². The van der Waals surface area contributed by atoms with Gasteiger partial charge in [-0.3, -0.25) is 4.79 Å². The standard InChI is InChI=1S/C14H17NO5/c1-3-13(15-20-9(2)18)14(19)10-4-5-11(7-16)12(6-10)8-17/h4-6,16-17H,3,7-8H2,1-2H3/b15-13+. The molecule has 0 bridgehead atoms. The number of benzene rings is 1. The fourth-order valence-corrected chi connectivity index (χ4v) is 1.62. The smallest absolute Gasteiger partial charge is 0.331 e. The van der Waals surface area contributed by atoms with Crippen LogP contribution >= 0.6 is 0 Å². The molecule has 1 aromatic rings. The van der Waals surface area contributed by atoms with Gasteiger partial charge in [0.2, 0.25) is 5.78 Å². The van der Waals surface area contributed by atoms with Crippen molar-refractivity contribution >= 4 is 17.5 Å². The summed E-state index contributed by atoms with van der Waals surface area (Å²) in [6.07, 6.45) is 0.308. The van der Waals surface area contributed by atoms with E-state index in [-0.39, 0.29) is 24.7 Å². The quantitative estimate of drug-likeness (QED) is 0.353. The molecule has 0 spiro atoms. The summed E-state index contributed by atoms with van der Waals surface area (Å²) >= 11 is 0. The lowest BCUT2D eigenvalue weighted by molar-refractivity contribution is -0.140. The first-order chi connectivity index (χ1) is 9.53. The van der Waals surface area contributed by atoms with Crippen molar-refractivity contribution < 1.29 is 24.6 Å². The molecule has 0 saturated carbocycles. The van der Waals surface area contributed by atoms with Crippen LogP contribution < -0.4 is 0 Å². The number of rotatable bonds is 6. The van der Waals surface area contributed by atoms with Crippen LogP contribution in [-0.4, -0.2) is 27.7 Å². The van der Waals surface area contributed by atoms with Crippen LogP contribution in [0.1, 0.15) is 41.8 Å². The predicted octanol–water partition coefficient (Wildman–Crippen LogP) is 1.18. The van der Waals surface area contributed by atoms with Gasteiger partial charge in [0.1, 0.15) is 5.71 Å². The van der Waals surface area contributed by atoms with Gasteiger partial charge in [0, 0.05) is 12.5 Å². The fraction of sp³-hybridized carbons (Fsp3) is 0.357. The van der Waals surface area contributed by atoms with E-state index < -0.39 is 5.97 Å². The molecular formula is C14H17NO5. The maximum Gasteiger partial charge on any atom is 0.331 e. The van der Waals surface area contributed by atoms with Crippen molar-refractivity contribution in [3.8, 4) is 0 Å². The van der Waals surface area contributed by atoms with Gasteiger partial charge < -0.3 is 15.1 Å². The minimum absolute atomic E-state index is 0.112. The fourth-order valence-electron chi connectivity index (χ4n) is 1.62. The number of Topliss-reactive ketones (excluding diaryl/α,β-unsaturated/α-hetero) is 1. The average Bonchev–Trinajstić information content (AvgIpc) is 2.46. The molecule has 0 unspecified atom stereocenters. The molecule has 0 radical (unpaired) electrons. The molecule has 6 nitrogen and oxygen atoms in total. The van der Waals surface area contributed by atoms with E-state index in [1.807, 2.05) is 0 Å².